The van der Waals surface area contributed by atoms with E-state index in [0.29, 0.717) is 0 Å². The Labute approximate surface area is 327 Å². The summed E-state index contributed by atoms with van der Waals surface area (Å²) in [5.74, 6) is 0.891. The SMILES string of the molecule is CC1(C)c2ccccc2-c2ccc(-c3cc4c(-c5cccc(-c6c7ccccc7c(-c7ccc(-c8ccccc8)cc7)c7ccccc67)c5)cccc4o3)cc21. The van der Waals surface area contributed by atoms with Crippen molar-refractivity contribution in [1.29, 1.82) is 0 Å². The van der Waals surface area contributed by atoms with E-state index >= 15 is 0 Å². The highest BCUT2D eigenvalue weighted by Gasteiger charge is 2.35. The third-order valence-corrected chi connectivity index (χ3v) is 12.1. The summed E-state index contributed by atoms with van der Waals surface area (Å²) in [6.07, 6.45) is 0. The lowest BCUT2D eigenvalue weighted by Crippen LogP contribution is -2.14. The van der Waals surface area contributed by atoms with Crippen molar-refractivity contribution in [3.8, 4) is 67.0 Å². The van der Waals surface area contributed by atoms with Gasteiger partial charge in [-0.15, -0.1) is 0 Å². The van der Waals surface area contributed by atoms with Crippen LogP contribution in [0.2, 0.25) is 0 Å². The van der Waals surface area contributed by atoms with E-state index in [9.17, 15) is 0 Å². The molecule has 0 atom stereocenters. The first-order valence-electron chi connectivity index (χ1n) is 19.5. The predicted octanol–water partition coefficient (Wildman–Crippen LogP) is 15.4. The van der Waals surface area contributed by atoms with Crippen LogP contribution in [0.1, 0.15) is 25.0 Å². The first kappa shape index (κ1) is 32.5. The molecule has 264 valence electrons. The number of hydrogen-bond donors (Lipinski definition) is 0. The second-order valence-corrected chi connectivity index (χ2v) is 15.6. The number of hydrogen-bond acceptors (Lipinski definition) is 1. The van der Waals surface area contributed by atoms with Gasteiger partial charge in [-0.25, -0.2) is 0 Å². The topological polar surface area (TPSA) is 13.1 Å². The third-order valence-electron chi connectivity index (χ3n) is 12.1. The van der Waals surface area contributed by atoms with Crippen LogP contribution in [-0.2, 0) is 5.41 Å². The molecule has 0 bridgehead atoms. The molecule has 1 heterocycles. The summed E-state index contributed by atoms with van der Waals surface area (Å²) in [5, 5.41) is 6.11. The van der Waals surface area contributed by atoms with Crippen LogP contribution in [0, 0.1) is 0 Å². The van der Waals surface area contributed by atoms with Crippen molar-refractivity contribution in [2.24, 2.45) is 0 Å². The molecule has 9 aromatic carbocycles. The number of rotatable bonds is 5. The van der Waals surface area contributed by atoms with Gasteiger partial charge in [0.05, 0.1) is 0 Å². The van der Waals surface area contributed by atoms with Gasteiger partial charge in [-0.1, -0.05) is 184 Å². The summed E-state index contributed by atoms with van der Waals surface area (Å²) < 4.78 is 6.64. The average molecular weight is 715 g/mol. The van der Waals surface area contributed by atoms with Crippen LogP contribution >= 0.6 is 0 Å². The first-order chi connectivity index (χ1) is 27.5. The van der Waals surface area contributed by atoms with E-state index in [0.717, 1.165) is 27.9 Å². The van der Waals surface area contributed by atoms with Gasteiger partial charge in [0.2, 0.25) is 0 Å². The van der Waals surface area contributed by atoms with Gasteiger partial charge in [0, 0.05) is 16.4 Å². The Kier molecular flexibility index (Phi) is 7.28. The van der Waals surface area contributed by atoms with Crippen molar-refractivity contribution in [2.45, 2.75) is 19.3 Å². The molecule has 0 saturated carbocycles. The fraction of sp³-hybridized carbons (Fsp3) is 0.0545. The molecule has 1 nitrogen and oxygen atoms in total. The number of furan rings is 1. The molecule has 11 rings (SSSR count). The van der Waals surface area contributed by atoms with Gasteiger partial charge in [-0.3, -0.25) is 0 Å². The minimum absolute atomic E-state index is 0.0703. The van der Waals surface area contributed by atoms with Gasteiger partial charge < -0.3 is 4.42 Å². The third kappa shape index (κ3) is 5.01. The minimum Gasteiger partial charge on any atom is -0.456 e. The molecular formula is C55H38O. The molecule has 1 aliphatic carbocycles. The maximum atomic E-state index is 6.64. The summed E-state index contributed by atoms with van der Waals surface area (Å²) in [6, 6.07) is 70.8. The lowest BCUT2D eigenvalue weighted by atomic mass is 9.82. The molecule has 1 aromatic heterocycles. The highest BCUT2D eigenvalue weighted by atomic mass is 16.3. The van der Waals surface area contributed by atoms with Gasteiger partial charge in [0.1, 0.15) is 11.3 Å². The van der Waals surface area contributed by atoms with Crippen LogP contribution < -0.4 is 0 Å². The Bertz CT molecular complexity index is 3090. The molecular weight excluding hydrogens is 677 g/mol. The maximum absolute atomic E-state index is 6.64. The lowest BCUT2D eigenvalue weighted by Gasteiger charge is -2.21. The Hall–Kier alpha value is -6.96. The molecule has 0 spiro atoms. The normalized spacial score (nSPS) is 13.0. The molecule has 0 aliphatic heterocycles. The first-order valence-corrected chi connectivity index (χ1v) is 19.5. The highest BCUT2D eigenvalue weighted by Crippen LogP contribution is 2.50. The van der Waals surface area contributed by atoms with Crippen molar-refractivity contribution in [1.82, 2.24) is 0 Å². The second kappa shape index (κ2) is 12.5. The zero-order valence-electron chi connectivity index (χ0n) is 31.4. The van der Waals surface area contributed by atoms with E-state index in [-0.39, 0.29) is 5.41 Å². The van der Waals surface area contributed by atoms with E-state index < -0.39 is 0 Å². The zero-order chi connectivity index (χ0) is 37.4. The maximum Gasteiger partial charge on any atom is 0.135 e. The van der Waals surface area contributed by atoms with E-state index in [1.54, 1.807) is 0 Å². The van der Waals surface area contributed by atoms with Crippen LogP contribution in [0.3, 0.4) is 0 Å². The van der Waals surface area contributed by atoms with Crippen molar-refractivity contribution in [3.05, 3.63) is 205 Å². The van der Waals surface area contributed by atoms with E-state index in [2.05, 4.69) is 208 Å². The number of benzene rings is 9. The van der Waals surface area contributed by atoms with Gasteiger partial charge in [-0.2, -0.15) is 0 Å². The molecule has 0 saturated heterocycles. The Balaban J connectivity index is 1.03. The van der Waals surface area contributed by atoms with E-state index in [1.807, 2.05) is 0 Å². The smallest absolute Gasteiger partial charge is 0.135 e. The molecule has 0 amide bonds. The molecule has 56 heavy (non-hydrogen) atoms. The molecule has 1 aliphatic rings. The summed E-state index contributed by atoms with van der Waals surface area (Å²) in [5.41, 5.74) is 17.0. The van der Waals surface area contributed by atoms with E-state index in [1.165, 1.54) is 82.7 Å². The summed E-state index contributed by atoms with van der Waals surface area (Å²) in [4.78, 5) is 0. The van der Waals surface area contributed by atoms with Crippen LogP contribution in [-0.4, -0.2) is 0 Å². The summed E-state index contributed by atoms with van der Waals surface area (Å²) in [6.45, 7) is 4.66. The van der Waals surface area contributed by atoms with Gasteiger partial charge >= 0.3 is 0 Å². The lowest BCUT2D eigenvalue weighted by molar-refractivity contribution is 0.630. The van der Waals surface area contributed by atoms with Crippen molar-refractivity contribution in [2.75, 3.05) is 0 Å². The standard InChI is InChI=1S/C55H38O/c1-55(2)49-24-11-10-18-42(49)43-31-30-39(33-50(43)55)52-34-48-41(23-13-25-51(48)56-52)38-16-12-17-40(32-38)54-46-21-8-6-19-44(46)53(45-20-7-9-22-47(45)54)37-28-26-36(27-29-37)35-14-4-3-5-15-35/h3-34H,1-2H3. The average Bonchev–Trinajstić information content (AvgIpc) is 3.80. The largest absolute Gasteiger partial charge is 0.456 e. The predicted molar refractivity (Wildman–Crippen MR) is 236 cm³/mol. The highest BCUT2D eigenvalue weighted by molar-refractivity contribution is 6.21. The molecule has 10 aromatic rings. The molecule has 0 radical (unpaired) electrons. The van der Waals surface area contributed by atoms with Crippen LogP contribution in [0.15, 0.2) is 199 Å². The Morgan fingerprint density at radius 2 is 0.839 bits per heavy atom. The van der Waals surface area contributed by atoms with Crippen molar-refractivity contribution < 1.29 is 4.42 Å². The van der Waals surface area contributed by atoms with Crippen LogP contribution in [0.25, 0.3) is 99.5 Å². The minimum atomic E-state index is -0.0703. The van der Waals surface area contributed by atoms with Gasteiger partial charge in [0.25, 0.3) is 0 Å². The van der Waals surface area contributed by atoms with Gasteiger partial charge in [-0.05, 0) is 113 Å². The zero-order valence-corrected chi connectivity index (χ0v) is 31.4. The fourth-order valence-electron chi connectivity index (χ4n) is 9.37. The van der Waals surface area contributed by atoms with Crippen molar-refractivity contribution >= 4 is 32.5 Å². The van der Waals surface area contributed by atoms with Crippen LogP contribution in [0.4, 0.5) is 0 Å². The molecule has 0 N–H and O–H groups in total. The van der Waals surface area contributed by atoms with Gasteiger partial charge in [0.15, 0.2) is 0 Å². The van der Waals surface area contributed by atoms with E-state index in [4.69, 9.17) is 4.42 Å². The van der Waals surface area contributed by atoms with Crippen molar-refractivity contribution in [3.63, 3.8) is 0 Å². The fourth-order valence-corrected chi connectivity index (χ4v) is 9.37. The Morgan fingerprint density at radius 1 is 0.321 bits per heavy atom. The monoisotopic (exact) mass is 714 g/mol. The molecule has 1 heteroatoms. The summed E-state index contributed by atoms with van der Waals surface area (Å²) >= 11 is 0. The van der Waals surface area contributed by atoms with Crippen LogP contribution in [0.5, 0.6) is 0 Å². The summed E-state index contributed by atoms with van der Waals surface area (Å²) in [7, 11) is 0. The second-order valence-electron chi connectivity index (χ2n) is 15.6. The Morgan fingerprint density at radius 3 is 1.57 bits per heavy atom. The molecule has 0 fully saturated rings. The quantitative estimate of drug-likeness (QED) is 0.162. The molecule has 0 unspecified atom stereocenters. The number of fused-ring (bicyclic) bond motifs is 6.